The van der Waals surface area contributed by atoms with Crippen LogP contribution in [-0.2, 0) is 0 Å². The minimum Gasteiger partial charge on any atom is -0.219 e. The van der Waals surface area contributed by atoms with Crippen LogP contribution in [-0.4, -0.2) is 9.21 Å². The van der Waals surface area contributed by atoms with Gasteiger partial charge in [-0.15, -0.1) is 0 Å². The molecule has 0 fully saturated rings. The smallest absolute Gasteiger partial charge is 0.108 e. The molecule has 0 aliphatic carbocycles. The van der Waals surface area contributed by atoms with Crippen LogP contribution in [0, 0.1) is 0 Å². The van der Waals surface area contributed by atoms with Crippen LogP contribution in [0.3, 0.4) is 0 Å². The minimum atomic E-state index is 0.278. The van der Waals surface area contributed by atoms with Crippen molar-refractivity contribution in [3.63, 3.8) is 0 Å². The minimum absolute atomic E-state index is 0.278. The summed E-state index contributed by atoms with van der Waals surface area (Å²) in [6.45, 7) is 1.94. The third kappa shape index (κ3) is 4.53. The molecule has 0 aliphatic rings. The van der Waals surface area contributed by atoms with Gasteiger partial charge in [0, 0.05) is 0 Å². The van der Waals surface area contributed by atoms with E-state index < -0.39 is 0 Å². The van der Waals surface area contributed by atoms with Gasteiger partial charge in [-0.1, -0.05) is 22.6 Å². The molecule has 0 amide bonds. The van der Waals surface area contributed by atoms with Gasteiger partial charge in [-0.2, -0.15) is 0 Å². The first kappa shape index (κ1) is 6.53. The van der Waals surface area contributed by atoms with Crippen molar-refractivity contribution >= 4 is 40.0 Å². The summed E-state index contributed by atoms with van der Waals surface area (Å²) >= 11 is 6.45. The molecule has 0 aromatic heterocycles. The van der Waals surface area contributed by atoms with E-state index in [1.54, 1.807) is 0 Å². The summed E-state index contributed by atoms with van der Waals surface area (Å²) in [6, 6.07) is 0. The van der Waals surface area contributed by atoms with E-state index >= 15 is 0 Å². The summed E-state index contributed by atoms with van der Waals surface area (Å²) in [5, 5.41) is 2.27. The Morgan fingerprint density at radius 2 is 2.50 bits per heavy atom. The number of thiocarbonyl (C=S) groups is 1. The molecule has 0 saturated heterocycles. The van der Waals surface area contributed by atoms with Crippen LogP contribution in [0.15, 0.2) is 4.99 Å². The van der Waals surface area contributed by atoms with Gasteiger partial charge >= 0.3 is 0 Å². The Bertz CT molecular complexity index is 74.9. The van der Waals surface area contributed by atoms with E-state index in [1.807, 2.05) is 6.92 Å². The van der Waals surface area contributed by atoms with Gasteiger partial charge in [-0.3, -0.25) is 0 Å². The summed E-state index contributed by atoms with van der Waals surface area (Å²) < 4.78 is 0.278. The van der Waals surface area contributed by atoms with E-state index in [4.69, 9.17) is 0 Å². The van der Waals surface area contributed by atoms with Crippen LogP contribution in [0.25, 0.3) is 0 Å². The Labute approximate surface area is 56.0 Å². The first-order chi connectivity index (χ1) is 2.77. The number of alkyl halides is 1. The molecular formula is C3H4INS. The predicted octanol–water partition coefficient (Wildman–Crippen LogP) is 1.87. The lowest BCUT2D eigenvalue weighted by Crippen LogP contribution is -1.76. The van der Waals surface area contributed by atoms with E-state index in [9.17, 15) is 0 Å². The second kappa shape index (κ2) is 3.71. The van der Waals surface area contributed by atoms with Gasteiger partial charge in [-0.05, 0) is 19.1 Å². The number of nitrogens with zero attached hydrogens (tertiary/aromatic N) is 1. The van der Waals surface area contributed by atoms with Crippen LogP contribution in [0.1, 0.15) is 6.92 Å². The highest BCUT2D eigenvalue weighted by Gasteiger charge is 1.80. The third-order valence-electron chi connectivity index (χ3n) is 0.231. The van der Waals surface area contributed by atoms with E-state index in [2.05, 4.69) is 45.0 Å². The van der Waals surface area contributed by atoms with Crippen LogP contribution < -0.4 is 0 Å². The van der Waals surface area contributed by atoms with Crippen LogP contribution >= 0.6 is 34.8 Å². The first-order valence-corrected chi connectivity index (χ1v) is 3.14. The molecule has 3 heteroatoms. The number of hydrogen-bond donors (Lipinski definition) is 0. The summed E-state index contributed by atoms with van der Waals surface area (Å²) in [4.78, 5) is 3.68. The molecule has 0 aromatic carbocycles. The van der Waals surface area contributed by atoms with Crippen molar-refractivity contribution in [2.24, 2.45) is 4.99 Å². The molecule has 1 nitrogen and oxygen atoms in total. The topological polar surface area (TPSA) is 12.4 Å². The summed E-state index contributed by atoms with van der Waals surface area (Å²) in [7, 11) is 0. The molecule has 34 valence electrons. The van der Waals surface area contributed by atoms with Gasteiger partial charge in [0.25, 0.3) is 0 Å². The highest BCUT2D eigenvalue weighted by atomic mass is 127. The molecule has 0 saturated carbocycles. The van der Waals surface area contributed by atoms with Crippen molar-refractivity contribution in [1.29, 1.82) is 0 Å². The van der Waals surface area contributed by atoms with Crippen molar-refractivity contribution < 1.29 is 0 Å². The van der Waals surface area contributed by atoms with Crippen molar-refractivity contribution in [1.82, 2.24) is 0 Å². The Kier molecular flexibility index (Phi) is 4.04. The Hall–Kier alpha value is 0.530. The largest absolute Gasteiger partial charge is 0.219 e. The molecule has 0 spiro atoms. The Balaban J connectivity index is 3.29. The zero-order valence-corrected chi connectivity index (χ0v) is 6.28. The molecule has 6 heavy (non-hydrogen) atoms. The van der Waals surface area contributed by atoms with Gasteiger partial charge in [0.15, 0.2) is 0 Å². The summed E-state index contributed by atoms with van der Waals surface area (Å²) in [5.41, 5.74) is 0. The van der Waals surface area contributed by atoms with E-state index in [-0.39, 0.29) is 4.05 Å². The monoisotopic (exact) mass is 213 g/mol. The third-order valence-corrected chi connectivity index (χ3v) is 0.615. The van der Waals surface area contributed by atoms with Gasteiger partial charge in [0.2, 0.25) is 0 Å². The summed E-state index contributed by atoms with van der Waals surface area (Å²) in [6.07, 6.45) is 0. The fourth-order valence-corrected chi connectivity index (χ4v) is 0.559. The zero-order chi connectivity index (χ0) is 4.99. The van der Waals surface area contributed by atoms with E-state index in [0.29, 0.717) is 0 Å². The second-order valence-corrected chi connectivity index (χ2v) is 2.78. The van der Waals surface area contributed by atoms with E-state index in [1.165, 1.54) is 0 Å². The fraction of sp³-hybridized carbons (Fsp3) is 0.667. The average molecular weight is 213 g/mol. The number of isothiocyanates is 1. The van der Waals surface area contributed by atoms with Crippen LogP contribution in [0.4, 0.5) is 0 Å². The molecule has 1 atom stereocenters. The Morgan fingerprint density at radius 1 is 2.00 bits per heavy atom. The van der Waals surface area contributed by atoms with Crippen molar-refractivity contribution in [3.8, 4) is 0 Å². The molecule has 0 aliphatic heterocycles. The number of hydrogen-bond acceptors (Lipinski definition) is 2. The first-order valence-electron chi connectivity index (χ1n) is 1.48. The van der Waals surface area contributed by atoms with Crippen molar-refractivity contribution in [3.05, 3.63) is 0 Å². The molecule has 0 bridgehead atoms. The maximum absolute atomic E-state index is 4.31. The second-order valence-electron chi connectivity index (χ2n) is 0.794. The van der Waals surface area contributed by atoms with Gasteiger partial charge in [0.05, 0.1) is 5.16 Å². The zero-order valence-electron chi connectivity index (χ0n) is 3.31. The Morgan fingerprint density at radius 3 is 2.50 bits per heavy atom. The van der Waals surface area contributed by atoms with Gasteiger partial charge in [0.1, 0.15) is 4.05 Å². The van der Waals surface area contributed by atoms with E-state index in [0.717, 1.165) is 0 Å². The average Bonchev–Trinajstić information content (AvgIpc) is 1.35. The normalized spacial score (nSPS) is 12.3. The molecule has 1 unspecified atom stereocenters. The number of rotatable bonds is 1. The molecule has 0 heterocycles. The maximum Gasteiger partial charge on any atom is 0.108 e. The molecular weight excluding hydrogens is 209 g/mol. The lowest BCUT2D eigenvalue weighted by atomic mass is 10.8. The number of halogens is 1. The van der Waals surface area contributed by atoms with Crippen molar-refractivity contribution in [2.45, 2.75) is 11.0 Å². The highest BCUT2D eigenvalue weighted by Crippen LogP contribution is 1.95. The SMILES string of the molecule is CC(I)N=C=S. The lowest BCUT2D eigenvalue weighted by Gasteiger charge is -1.81. The van der Waals surface area contributed by atoms with Gasteiger partial charge in [-0.25, -0.2) is 4.99 Å². The van der Waals surface area contributed by atoms with Gasteiger partial charge < -0.3 is 0 Å². The molecule has 0 aromatic rings. The maximum atomic E-state index is 4.31. The van der Waals surface area contributed by atoms with Crippen LogP contribution in [0.5, 0.6) is 0 Å². The van der Waals surface area contributed by atoms with Crippen molar-refractivity contribution in [2.75, 3.05) is 0 Å². The quantitative estimate of drug-likeness (QED) is 0.213. The number of aliphatic imine (C=N–C) groups is 1. The fourth-order valence-electron chi connectivity index (χ4n) is 0.0726. The molecule has 0 rings (SSSR count). The summed E-state index contributed by atoms with van der Waals surface area (Å²) in [5.74, 6) is 0. The molecule has 0 N–H and O–H groups in total. The van der Waals surface area contributed by atoms with Crippen LogP contribution in [0.2, 0.25) is 0 Å². The lowest BCUT2D eigenvalue weighted by molar-refractivity contribution is 1.10. The molecule has 0 radical (unpaired) electrons. The predicted molar refractivity (Wildman–Crippen MR) is 38.5 cm³/mol. The highest BCUT2D eigenvalue weighted by molar-refractivity contribution is 14.1. The standard InChI is InChI=1S/C3H4INS/c1-3(4)5-2-6/h3H,1H3.